The highest BCUT2D eigenvalue weighted by Crippen LogP contribution is 2.45. The minimum atomic E-state index is -1.22. The normalized spacial score (nSPS) is 18.6. The number of nitrogens with zero attached hydrogens (tertiary/aromatic N) is 2. The summed E-state index contributed by atoms with van der Waals surface area (Å²) in [6.45, 7) is -0.587. The van der Waals surface area contributed by atoms with Crippen molar-refractivity contribution in [3.05, 3.63) is 63.8 Å². The molecule has 0 aliphatic carbocycles. The summed E-state index contributed by atoms with van der Waals surface area (Å²) in [5, 5.41) is 8.18. The number of halogens is 2. The lowest BCUT2D eigenvalue weighted by Crippen LogP contribution is -2.32. The van der Waals surface area contributed by atoms with Gasteiger partial charge >= 0.3 is 5.97 Å². The summed E-state index contributed by atoms with van der Waals surface area (Å²) in [5.74, 6) is -3.37. The third kappa shape index (κ3) is 3.08. The van der Waals surface area contributed by atoms with Crippen molar-refractivity contribution in [3.8, 4) is 0 Å². The molecule has 2 aliphatic rings. The molecule has 0 saturated carbocycles. The molecule has 0 spiro atoms. The van der Waals surface area contributed by atoms with Crippen LogP contribution in [0.2, 0.25) is 5.02 Å². The van der Waals surface area contributed by atoms with Crippen LogP contribution in [0.1, 0.15) is 5.56 Å². The number of carboxylic acid groups (broad SMARTS) is 1. The van der Waals surface area contributed by atoms with Crippen molar-refractivity contribution in [2.75, 3.05) is 16.3 Å². The van der Waals surface area contributed by atoms with Crippen molar-refractivity contribution in [2.24, 2.45) is 0 Å². The average Bonchev–Trinajstić information content (AvgIpc) is 3.11. The quantitative estimate of drug-likeness (QED) is 0.746. The molecule has 2 aromatic carbocycles. The lowest BCUT2D eigenvalue weighted by atomic mass is 10.1. The van der Waals surface area contributed by atoms with Gasteiger partial charge in [0.1, 0.15) is 12.4 Å². The highest BCUT2D eigenvalue weighted by atomic mass is 35.5. The number of benzene rings is 2. The van der Waals surface area contributed by atoms with E-state index in [-0.39, 0.29) is 21.2 Å². The summed E-state index contributed by atoms with van der Waals surface area (Å²) in [4.78, 5) is 51.3. The van der Waals surface area contributed by atoms with Crippen LogP contribution >= 0.6 is 23.4 Å². The molecule has 10 heteroatoms. The van der Waals surface area contributed by atoms with E-state index < -0.39 is 35.4 Å². The largest absolute Gasteiger partial charge is 0.480 e. The fourth-order valence-corrected chi connectivity index (χ4v) is 4.26. The monoisotopic (exact) mass is 432 g/mol. The van der Waals surface area contributed by atoms with E-state index in [0.717, 1.165) is 21.9 Å². The lowest BCUT2D eigenvalue weighted by molar-refractivity contribution is -0.136. The number of imide groups is 1. The number of aliphatic carboxylic acids is 1. The Morgan fingerprint density at radius 1 is 1.10 bits per heavy atom. The van der Waals surface area contributed by atoms with E-state index in [9.17, 15) is 23.6 Å². The van der Waals surface area contributed by atoms with Crippen LogP contribution in [0.15, 0.2) is 47.4 Å². The number of carbonyl (C=O) groups excluding carboxylic acids is 3. The zero-order chi connectivity index (χ0) is 20.9. The van der Waals surface area contributed by atoms with Gasteiger partial charge in [-0.1, -0.05) is 29.8 Å². The summed E-state index contributed by atoms with van der Waals surface area (Å²) in [5.41, 5.74) is 0.726. The van der Waals surface area contributed by atoms with Crippen LogP contribution in [0.3, 0.4) is 0 Å². The van der Waals surface area contributed by atoms with Gasteiger partial charge in [-0.05, 0) is 36.0 Å². The molecule has 0 unspecified atom stereocenters. The number of amides is 3. The van der Waals surface area contributed by atoms with Crippen LogP contribution in [-0.4, -0.2) is 34.7 Å². The molecule has 7 nitrogen and oxygen atoms in total. The van der Waals surface area contributed by atoms with E-state index in [0.29, 0.717) is 23.0 Å². The van der Waals surface area contributed by atoms with Crippen molar-refractivity contribution in [2.45, 2.75) is 0 Å². The van der Waals surface area contributed by atoms with Gasteiger partial charge in [0, 0.05) is 5.56 Å². The molecular weight excluding hydrogens is 423 g/mol. The first-order valence-corrected chi connectivity index (χ1v) is 9.37. The molecule has 2 aromatic rings. The van der Waals surface area contributed by atoms with Crippen LogP contribution in [0, 0.1) is 5.82 Å². The summed E-state index contributed by atoms with van der Waals surface area (Å²) < 4.78 is 13.4. The Hall–Kier alpha value is -3.17. The molecule has 29 heavy (non-hydrogen) atoms. The van der Waals surface area contributed by atoms with Crippen molar-refractivity contribution in [3.63, 3.8) is 0 Å². The highest BCUT2D eigenvalue weighted by molar-refractivity contribution is 8.19. The number of hydrogen-bond acceptors (Lipinski definition) is 5. The first-order valence-electron chi connectivity index (χ1n) is 8.18. The van der Waals surface area contributed by atoms with Crippen molar-refractivity contribution >= 4 is 63.3 Å². The molecule has 1 saturated heterocycles. The maximum absolute atomic E-state index is 13.4. The van der Waals surface area contributed by atoms with E-state index in [1.54, 1.807) is 24.3 Å². The smallest absolute Gasteiger partial charge is 0.323 e. The zero-order valence-electron chi connectivity index (χ0n) is 14.4. The molecular formula is C19H10ClFN2O5S. The molecule has 2 heterocycles. The topological polar surface area (TPSA) is 95.0 Å². The molecule has 0 aromatic heterocycles. The first kappa shape index (κ1) is 19.2. The van der Waals surface area contributed by atoms with Gasteiger partial charge in [0.15, 0.2) is 0 Å². The third-order valence-corrected chi connectivity index (χ3v) is 5.60. The number of rotatable bonds is 3. The average molecular weight is 433 g/mol. The first-order chi connectivity index (χ1) is 13.8. The standard InChI is InChI=1S/C19H10ClFN2O5S/c20-11-7-9(5-6-12(11)21)23-18(27)16(29-19(23)28)15-10-3-1-2-4-13(10)22(17(15)26)8-14(24)25/h1-7H,8H2,(H,24,25)/b16-15-. The molecule has 0 bridgehead atoms. The second-order valence-corrected chi connectivity index (χ2v) is 7.48. The van der Waals surface area contributed by atoms with Crippen LogP contribution in [-0.2, 0) is 14.4 Å². The summed E-state index contributed by atoms with van der Waals surface area (Å²) in [6.07, 6.45) is 0. The van der Waals surface area contributed by atoms with E-state index >= 15 is 0 Å². The Kier molecular flexibility index (Phi) is 4.64. The Labute approximate surface area is 172 Å². The molecule has 0 atom stereocenters. The van der Waals surface area contributed by atoms with E-state index in [1.165, 1.54) is 6.07 Å². The molecule has 3 amide bonds. The second kappa shape index (κ2) is 7.02. The van der Waals surface area contributed by atoms with Crippen molar-refractivity contribution < 1.29 is 28.7 Å². The van der Waals surface area contributed by atoms with Gasteiger partial charge in [0.25, 0.3) is 17.1 Å². The van der Waals surface area contributed by atoms with Crippen LogP contribution in [0.5, 0.6) is 0 Å². The lowest BCUT2D eigenvalue weighted by Gasteiger charge is -2.14. The van der Waals surface area contributed by atoms with Crippen molar-refractivity contribution in [1.82, 2.24) is 0 Å². The molecule has 2 aliphatic heterocycles. The van der Waals surface area contributed by atoms with Crippen LogP contribution in [0.4, 0.5) is 20.6 Å². The molecule has 4 rings (SSSR count). The Bertz CT molecular complexity index is 1150. The fourth-order valence-electron chi connectivity index (χ4n) is 3.16. The number of para-hydroxylation sites is 1. The Balaban J connectivity index is 1.82. The van der Waals surface area contributed by atoms with Gasteiger partial charge in [-0.2, -0.15) is 0 Å². The maximum atomic E-state index is 13.4. The number of carbonyl (C=O) groups is 4. The van der Waals surface area contributed by atoms with Gasteiger partial charge in [0.2, 0.25) is 0 Å². The minimum Gasteiger partial charge on any atom is -0.480 e. The van der Waals surface area contributed by atoms with E-state index in [1.807, 2.05) is 0 Å². The minimum absolute atomic E-state index is 0.0408. The number of carboxylic acids is 1. The second-order valence-electron chi connectivity index (χ2n) is 6.11. The van der Waals surface area contributed by atoms with Crippen LogP contribution < -0.4 is 9.80 Å². The van der Waals surface area contributed by atoms with Crippen LogP contribution in [0.25, 0.3) is 5.57 Å². The van der Waals surface area contributed by atoms with Gasteiger partial charge < -0.3 is 5.11 Å². The molecule has 1 N–H and O–H groups in total. The predicted molar refractivity (Wildman–Crippen MR) is 105 cm³/mol. The number of fused-ring (bicyclic) bond motifs is 1. The summed E-state index contributed by atoms with van der Waals surface area (Å²) >= 11 is 6.31. The Morgan fingerprint density at radius 3 is 2.52 bits per heavy atom. The summed E-state index contributed by atoms with van der Waals surface area (Å²) in [6, 6.07) is 9.81. The summed E-state index contributed by atoms with van der Waals surface area (Å²) in [7, 11) is 0. The predicted octanol–water partition coefficient (Wildman–Crippen LogP) is 3.52. The van der Waals surface area contributed by atoms with Gasteiger partial charge in [-0.15, -0.1) is 0 Å². The SMILES string of the molecule is O=C(O)CN1C(=O)/C(=C2\SC(=O)N(c3ccc(F)c(Cl)c3)C2=O)c2ccccc21. The molecule has 0 radical (unpaired) electrons. The molecule has 146 valence electrons. The van der Waals surface area contributed by atoms with Gasteiger partial charge in [0.05, 0.1) is 26.9 Å². The number of hydrogen-bond donors (Lipinski definition) is 1. The van der Waals surface area contributed by atoms with Gasteiger partial charge in [-0.3, -0.25) is 24.1 Å². The fraction of sp³-hybridized carbons (Fsp3) is 0.0526. The molecule has 1 fully saturated rings. The zero-order valence-corrected chi connectivity index (χ0v) is 16.0. The maximum Gasteiger partial charge on any atom is 0.323 e. The van der Waals surface area contributed by atoms with Gasteiger partial charge in [-0.25, -0.2) is 9.29 Å². The van der Waals surface area contributed by atoms with Crippen molar-refractivity contribution in [1.29, 1.82) is 0 Å². The number of thioether (sulfide) groups is 1. The number of anilines is 2. The van der Waals surface area contributed by atoms with E-state index in [4.69, 9.17) is 16.7 Å². The Morgan fingerprint density at radius 2 is 1.83 bits per heavy atom. The van der Waals surface area contributed by atoms with E-state index in [2.05, 4.69) is 0 Å². The highest BCUT2D eigenvalue weighted by Gasteiger charge is 2.44. The third-order valence-electron chi connectivity index (χ3n) is 4.37.